The summed E-state index contributed by atoms with van der Waals surface area (Å²) in [6, 6.07) is 4.83. The highest BCUT2D eigenvalue weighted by Gasteiger charge is 2.13. The van der Waals surface area contributed by atoms with Crippen LogP contribution in [0.3, 0.4) is 0 Å². The molecule has 0 aliphatic carbocycles. The zero-order valence-electron chi connectivity index (χ0n) is 13.1. The number of ether oxygens (including phenoxy) is 2. The van der Waals surface area contributed by atoms with E-state index < -0.39 is 18.5 Å². The summed E-state index contributed by atoms with van der Waals surface area (Å²) in [5.41, 5.74) is 0.242. The molecule has 0 spiro atoms. The summed E-state index contributed by atoms with van der Waals surface area (Å²) in [6.07, 6.45) is 2.91. The van der Waals surface area contributed by atoms with Crippen LogP contribution in [0.15, 0.2) is 30.6 Å². The number of pyridine rings is 1. The SMILES string of the molecule is COc1ccc(C(=O)OCC(=O)Nc2ccnn2C(C)C)cn1. The molecule has 1 N–H and O–H groups in total. The number of rotatable bonds is 6. The van der Waals surface area contributed by atoms with E-state index in [4.69, 9.17) is 9.47 Å². The average Bonchev–Trinajstić information content (AvgIpc) is 3.01. The largest absolute Gasteiger partial charge is 0.481 e. The van der Waals surface area contributed by atoms with E-state index >= 15 is 0 Å². The molecule has 23 heavy (non-hydrogen) atoms. The third-order valence-corrected chi connectivity index (χ3v) is 2.94. The van der Waals surface area contributed by atoms with Crippen LogP contribution >= 0.6 is 0 Å². The summed E-state index contributed by atoms with van der Waals surface area (Å²) in [4.78, 5) is 27.6. The molecule has 2 heterocycles. The number of esters is 1. The number of nitrogens with one attached hydrogen (secondary N) is 1. The Labute approximate surface area is 133 Å². The number of hydrogen-bond acceptors (Lipinski definition) is 6. The molecule has 0 radical (unpaired) electrons. The van der Waals surface area contributed by atoms with E-state index in [2.05, 4.69) is 15.4 Å². The highest BCUT2D eigenvalue weighted by molar-refractivity contribution is 5.94. The molecule has 2 rings (SSSR count). The Kier molecular flexibility index (Phi) is 5.29. The lowest BCUT2D eigenvalue weighted by atomic mass is 10.3. The number of methoxy groups -OCH3 is 1. The van der Waals surface area contributed by atoms with Crippen LogP contribution in [0.25, 0.3) is 0 Å². The van der Waals surface area contributed by atoms with Gasteiger partial charge in [-0.05, 0) is 19.9 Å². The molecule has 2 aromatic heterocycles. The molecule has 0 aliphatic rings. The highest BCUT2D eigenvalue weighted by Crippen LogP contribution is 2.13. The fraction of sp³-hybridized carbons (Fsp3) is 0.333. The molecular weight excluding hydrogens is 300 g/mol. The molecule has 1 amide bonds. The lowest BCUT2D eigenvalue weighted by Crippen LogP contribution is -2.23. The van der Waals surface area contributed by atoms with Crippen LogP contribution in [0.2, 0.25) is 0 Å². The monoisotopic (exact) mass is 318 g/mol. The van der Waals surface area contributed by atoms with Crippen LogP contribution in [0.5, 0.6) is 5.88 Å². The van der Waals surface area contributed by atoms with Gasteiger partial charge in [-0.1, -0.05) is 0 Å². The molecule has 0 aliphatic heterocycles. The van der Waals surface area contributed by atoms with E-state index in [1.165, 1.54) is 25.4 Å². The van der Waals surface area contributed by atoms with Crippen molar-refractivity contribution < 1.29 is 19.1 Å². The minimum absolute atomic E-state index is 0.105. The molecule has 0 saturated carbocycles. The Bertz CT molecular complexity index is 679. The van der Waals surface area contributed by atoms with Crippen molar-refractivity contribution in [2.75, 3.05) is 19.0 Å². The minimum Gasteiger partial charge on any atom is -0.481 e. The van der Waals surface area contributed by atoms with Crippen molar-refractivity contribution in [1.82, 2.24) is 14.8 Å². The zero-order chi connectivity index (χ0) is 16.8. The predicted molar refractivity (Wildman–Crippen MR) is 82.3 cm³/mol. The molecule has 0 aromatic carbocycles. The molecule has 122 valence electrons. The Morgan fingerprint density at radius 1 is 1.30 bits per heavy atom. The number of aromatic nitrogens is 3. The van der Waals surface area contributed by atoms with Gasteiger partial charge in [-0.15, -0.1) is 0 Å². The average molecular weight is 318 g/mol. The zero-order valence-corrected chi connectivity index (χ0v) is 13.1. The number of nitrogens with zero attached hydrogens (tertiary/aromatic N) is 3. The Morgan fingerprint density at radius 3 is 2.70 bits per heavy atom. The Hall–Kier alpha value is -2.90. The summed E-state index contributed by atoms with van der Waals surface area (Å²) in [6.45, 7) is 3.49. The second-order valence-corrected chi connectivity index (χ2v) is 4.97. The first kappa shape index (κ1) is 16.5. The normalized spacial score (nSPS) is 10.4. The number of carbonyl (C=O) groups is 2. The smallest absolute Gasteiger partial charge is 0.340 e. The Balaban J connectivity index is 1.88. The lowest BCUT2D eigenvalue weighted by molar-refractivity contribution is -0.119. The van der Waals surface area contributed by atoms with Gasteiger partial charge in [-0.3, -0.25) is 4.79 Å². The van der Waals surface area contributed by atoms with E-state index in [0.29, 0.717) is 11.7 Å². The van der Waals surface area contributed by atoms with Crippen molar-refractivity contribution in [2.45, 2.75) is 19.9 Å². The van der Waals surface area contributed by atoms with Crippen molar-refractivity contribution in [3.8, 4) is 5.88 Å². The van der Waals surface area contributed by atoms with Crippen molar-refractivity contribution in [1.29, 1.82) is 0 Å². The summed E-state index contributed by atoms with van der Waals surface area (Å²) in [5, 5.41) is 6.75. The second-order valence-electron chi connectivity index (χ2n) is 4.97. The maximum atomic E-state index is 11.9. The van der Waals surface area contributed by atoms with Crippen molar-refractivity contribution in [2.24, 2.45) is 0 Å². The van der Waals surface area contributed by atoms with Gasteiger partial charge in [0.2, 0.25) is 5.88 Å². The van der Waals surface area contributed by atoms with Gasteiger partial charge < -0.3 is 14.8 Å². The number of hydrogen-bond donors (Lipinski definition) is 1. The van der Waals surface area contributed by atoms with Crippen LogP contribution in [0.4, 0.5) is 5.82 Å². The molecule has 0 unspecified atom stereocenters. The predicted octanol–water partition coefficient (Wildman–Crippen LogP) is 1.66. The summed E-state index contributed by atoms with van der Waals surface area (Å²) in [7, 11) is 1.48. The number of anilines is 1. The maximum Gasteiger partial charge on any atom is 0.340 e. The first-order valence-electron chi connectivity index (χ1n) is 7.01. The first-order valence-corrected chi connectivity index (χ1v) is 7.01. The topological polar surface area (TPSA) is 95.3 Å². The van der Waals surface area contributed by atoms with Crippen molar-refractivity contribution >= 4 is 17.7 Å². The van der Waals surface area contributed by atoms with Gasteiger partial charge in [-0.25, -0.2) is 14.5 Å². The van der Waals surface area contributed by atoms with Crippen molar-refractivity contribution in [3.05, 3.63) is 36.2 Å². The van der Waals surface area contributed by atoms with Crippen LogP contribution in [-0.4, -0.2) is 40.4 Å². The third kappa shape index (κ3) is 4.29. The van der Waals surface area contributed by atoms with Crippen molar-refractivity contribution in [3.63, 3.8) is 0 Å². The summed E-state index contributed by atoms with van der Waals surface area (Å²) >= 11 is 0. The van der Waals surface area contributed by atoms with Gasteiger partial charge in [0.05, 0.1) is 18.9 Å². The highest BCUT2D eigenvalue weighted by atomic mass is 16.5. The standard InChI is InChI=1S/C15H18N4O4/c1-10(2)19-12(6-7-17-19)18-13(20)9-23-15(21)11-4-5-14(22-3)16-8-11/h4-8,10H,9H2,1-3H3,(H,18,20). The molecule has 0 fully saturated rings. The van der Waals surface area contributed by atoms with Gasteiger partial charge in [0.15, 0.2) is 6.61 Å². The minimum atomic E-state index is -0.632. The van der Waals surface area contributed by atoms with Crippen LogP contribution < -0.4 is 10.1 Å². The third-order valence-electron chi connectivity index (χ3n) is 2.94. The number of amides is 1. The van der Waals surface area contributed by atoms with Gasteiger partial charge in [0, 0.05) is 24.4 Å². The van der Waals surface area contributed by atoms with E-state index in [9.17, 15) is 9.59 Å². The molecule has 8 heteroatoms. The fourth-order valence-electron chi connectivity index (χ4n) is 1.84. The van der Waals surface area contributed by atoms with E-state index in [-0.39, 0.29) is 11.6 Å². The van der Waals surface area contributed by atoms with Crippen LogP contribution in [0.1, 0.15) is 30.2 Å². The van der Waals surface area contributed by atoms with Gasteiger partial charge in [-0.2, -0.15) is 5.10 Å². The Morgan fingerprint density at radius 2 is 2.09 bits per heavy atom. The molecular formula is C15H18N4O4. The summed E-state index contributed by atoms with van der Waals surface area (Å²) < 4.78 is 11.5. The molecule has 0 atom stereocenters. The molecule has 8 nitrogen and oxygen atoms in total. The van der Waals surface area contributed by atoms with Gasteiger partial charge in [0.25, 0.3) is 5.91 Å². The second kappa shape index (κ2) is 7.39. The summed E-state index contributed by atoms with van der Waals surface area (Å²) in [5.74, 6) is -0.136. The maximum absolute atomic E-state index is 11.9. The van der Waals surface area contributed by atoms with E-state index in [1.54, 1.807) is 16.9 Å². The molecule has 0 bridgehead atoms. The fourth-order valence-corrected chi connectivity index (χ4v) is 1.84. The van der Waals surface area contributed by atoms with E-state index in [0.717, 1.165) is 0 Å². The van der Waals surface area contributed by atoms with Crippen LogP contribution in [0, 0.1) is 0 Å². The molecule has 0 saturated heterocycles. The molecule has 2 aromatic rings. The quantitative estimate of drug-likeness (QED) is 0.814. The number of carbonyl (C=O) groups excluding carboxylic acids is 2. The van der Waals surface area contributed by atoms with E-state index in [1.807, 2.05) is 13.8 Å². The lowest BCUT2D eigenvalue weighted by Gasteiger charge is -2.11. The van der Waals surface area contributed by atoms with Crippen LogP contribution in [-0.2, 0) is 9.53 Å². The first-order chi connectivity index (χ1) is 11.0. The van der Waals surface area contributed by atoms with Gasteiger partial charge in [0.1, 0.15) is 5.82 Å². The van der Waals surface area contributed by atoms with Gasteiger partial charge >= 0.3 is 5.97 Å².